The van der Waals surface area contributed by atoms with Gasteiger partial charge in [-0.05, 0) is 53.1 Å². The van der Waals surface area contributed by atoms with Gasteiger partial charge in [0.2, 0.25) is 0 Å². The number of nitrogens with zero attached hydrogens (tertiary/aromatic N) is 2. The summed E-state index contributed by atoms with van der Waals surface area (Å²) in [6.07, 6.45) is -5.75. The van der Waals surface area contributed by atoms with Crippen LogP contribution < -0.4 is 0 Å². The highest BCUT2D eigenvalue weighted by atomic mass is 79.9. The van der Waals surface area contributed by atoms with Crippen molar-refractivity contribution in [3.05, 3.63) is 82.9 Å². The molecule has 37 heavy (non-hydrogen) atoms. The number of hydrogen-bond donors (Lipinski definition) is 3. The van der Waals surface area contributed by atoms with Gasteiger partial charge < -0.3 is 15.2 Å². The number of imidazole rings is 1. The van der Waals surface area contributed by atoms with E-state index < -0.39 is 24.3 Å². The topological polar surface area (TPSA) is 116 Å². The molecule has 0 aliphatic heterocycles. The molecule has 14 heteroatoms. The van der Waals surface area contributed by atoms with Crippen molar-refractivity contribution in [1.82, 2.24) is 15.0 Å². The summed E-state index contributed by atoms with van der Waals surface area (Å²) in [5, 5.41) is 14.2. The number of aliphatic carboxylic acids is 2. The second-order valence-electron chi connectivity index (χ2n) is 7.06. The lowest BCUT2D eigenvalue weighted by Gasteiger charge is -2.00. The summed E-state index contributed by atoms with van der Waals surface area (Å²) in [5.41, 5.74) is 5.62. The molecule has 0 aliphatic carbocycles. The third-order valence-corrected chi connectivity index (χ3v) is 4.84. The number of pyridine rings is 1. The predicted molar refractivity (Wildman–Crippen MR) is 124 cm³/mol. The normalized spacial score (nSPS) is 11.1. The van der Waals surface area contributed by atoms with Crippen LogP contribution in [0.2, 0.25) is 0 Å². The van der Waals surface area contributed by atoms with Gasteiger partial charge in [-0.25, -0.2) is 14.6 Å². The number of hydrogen-bond acceptors (Lipinski definition) is 4. The maximum absolute atomic E-state index is 10.6. The maximum Gasteiger partial charge on any atom is 0.490 e. The SMILES string of the molecule is Brc1ccc(Cc2nc3ccc(-c4ccncc4)cc3[nH]2)cc1.O=C(O)C(F)(F)F.O=C(O)C(F)(F)F. The number of carboxylic acids is 2. The van der Waals surface area contributed by atoms with E-state index in [1.54, 1.807) is 0 Å². The van der Waals surface area contributed by atoms with Gasteiger partial charge in [0.25, 0.3) is 0 Å². The van der Waals surface area contributed by atoms with Crippen LogP contribution in [0.4, 0.5) is 26.3 Å². The van der Waals surface area contributed by atoms with E-state index in [2.05, 4.69) is 73.3 Å². The van der Waals surface area contributed by atoms with Gasteiger partial charge in [-0.15, -0.1) is 0 Å². The minimum absolute atomic E-state index is 0.798. The zero-order valence-corrected chi connectivity index (χ0v) is 19.9. The highest BCUT2D eigenvalue weighted by Crippen LogP contribution is 2.23. The lowest BCUT2D eigenvalue weighted by atomic mass is 10.1. The molecule has 0 bridgehead atoms. The third-order valence-electron chi connectivity index (χ3n) is 4.31. The third kappa shape index (κ3) is 9.56. The zero-order chi connectivity index (χ0) is 27.8. The smallest absolute Gasteiger partial charge is 0.475 e. The number of alkyl halides is 6. The van der Waals surface area contributed by atoms with E-state index in [-0.39, 0.29) is 0 Å². The summed E-state index contributed by atoms with van der Waals surface area (Å²) in [6.45, 7) is 0. The number of nitrogens with one attached hydrogen (secondary N) is 1. The summed E-state index contributed by atoms with van der Waals surface area (Å²) in [4.78, 5) is 30.0. The molecule has 2 heterocycles. The molecule has 0 aliphatic rings. The molecule has 7 nitrogen and oxygen atoms in total. The second-order valence-corrected chi connectivity index (χ2v) is 7.98. The van der Waals surface area contributed by atoms with Crippen LogP contribution in [0, 0.1) is 0 Å². The Labute approximate surface area is 212 Å². The molecule has 0 atom stereocenters. The molecule has 0 spiro atoms. The molecule has 4 rings (SSSR count). The first-order valence-corrected chi connectivity index (χ1v) is 10.7. The number of aromatic amines is 1. The van der Waals surface area contributed by atoms with Gasteiger partial charge in [-0.1, -0.05) is 34.1 Å². The van der Waals surface area contributed by atoms with Crippen LogP contribution in [0.5, 0.6) is 0 Å². The number of carbonyl (C=O) groups is 2. The van der Waals surface area contributed by atoms with E-state index in [1.807, 2.05) is 24.5 Å². The first-order chi connectivity index (χ1) is 17.2. The maximum atomic E-state index is 10.6. The molecular formula is C23H16BrF6N3O4. The summed E-state index contributed by atoms with van der Waals surface area (Å²) >= 11 is 3.46. The molecule has 2 aromatic heterocycles. The van der Waals surface area contributed by atoms with Crippen LogP contribution in [0.3, 0.4) is 0 Å². The van der Waals surface area contributed by atoms with Crippen molar-refractivity contribution in [2.75, 3.05) is 0 Å². The monoisotopic (exact) mass is 591 g/mol. The van der Waals surface area contributed by atoms with Gasteiger partial charge in [0.15, 0.2) is 0 Å². The molecule has 0 radical (unpaired) electrons. The molecule has 4 aromatic rings. The molecule has 0 unspecified atom stereocenters. The second kappa shape index (κ2) is 12.3. The lowest BCUT2D eigenvalue weighted by Crippen LogP contribution is -2.21. The number of aromatic nitrogens is 3. The van der Waals surface area contributed by atoms with Gasteiger partial charge in [-0.3, -0.25) is 4.98 Å². The van der Waals surface area contributed by atoms with E-state index >= 15 is 0 Å². The fourth-order valence-electron chi connectivity index (χ4n) is 2.67. The number of carboxylic acid groups (broad SMARTS) is 2. The molecule has 0 amide bonds. The minimum Gasteiger partial charge on any atom is -0.475 e. The highest BCUT2D eigenvalue weighted by Gasteiger charge is 2.38. The van der Waals surface area contributed by atoms with Crippen molar-refractivity contribution in [3.63, 3.8) is 0 Å². The van der Waals surface area contributed by atoms with Crippen LogP contribution in [0.15, 0.2) is 71.5 Å². The quantitative estimate of drug-likeness (QED) is 0.243. The van der Waals surface area contributed by atoms with Crippen molar-refractivity contribution < 1.29 is 46.1 Å². The molecule has 0 fully saturated rings. The number of rotatable bonds is 3. The standard InChI is InChI=1S/C19H14BrN3.2C2HF3O2/c20-16-4-1-13(2-5-16)11-19-22-17-6-3-15(12-18(17)23-19)14-7-9-21-10-8-14;2*3-2(4,5)1(6)7/h1-10,12H,11H2,(H,22,23);2*(H,6,7). The number of fused-ring (bicyclic) bond motifs is 1. The summed E-state index contributed by atoms with van der Waals surface area (Å²) in [7, 11) is 0. The zero-order valence-electron chi connectivity index (χ0n) is 18.3. The van der Waals surface area contributed by atoms with Crippen LogP contribution in [0.1, 0.15) is 11.4 Å². The Morgan fingerprint density at radius 2 is 1.32 bits per heavy atom. The van der Waals surface area contributed by atoms with Crippen LogP contribution in [-0.4, -0.2) is 49.5 Å². The van der Waals surface area contributed by atoms with Gasteiger partial charge in [-0.2, -0.15) is 26.3 Å². The summed E-state index contributed by atoms with van der Waals surface area (Å²) < 4.78 is 64.6. The molecule has 0 saturated carbocycles. The van der Waals surface area contributed by atoms with Gasteiger partial charge in [0.05, 0.1) is 11.0 Å². The molecule has 0 saturated heterocycles. The van der Waals surface area contributed by atoms with E-state index in [1.165, 1.54) is 11.1 Å². The van der Waals surface area contributed by atoms with Crippen molar-refractivity contribution in [1.29, 1.82) is 0 Å². The minimum atomic E-state index is -5.08. The van der Waals surface area contributed by atoms with Crippen molar-refractivity contribution in [2.45, 2.75) is 18.8 Å². The Bertz CT molecular complexity index is 1320. The van der Waals surface area contributed by atoms with Crippen molar-refractivity contribution in [2.24, 2.45) is 0 Å². The van der Waals surface area contributed by atoms with Crippen LogP contribution >= 0.6 is 15.9 Å². The largest absolute Gasteiger partial charge is 0.490 e. The Kier molecular flexibility index (Phi) is 9.77. The van der Waals surface area contributed by atoms with E-state index in [9.17, 15) is 26.3 Å². The van der Waals surface area contributed by atoms with Crippen LogP contribution in [-0.2, 0) is 16.0 Å². The Morgan fingerprint density at radius 3 is 1.81 bits per heavy atom. The lowest BCUT2D eigenvalue weighted by molar-refractivity contribution is -0.193. The number of halogens is 7. The summed E-state index contributed by atoms with van der Waals surface area (Å²) in [6, 6.07) is 18.7. The van der Waals surface area contributed by atoms with Crippen LogP contribution in [0.25, 0.3) is 22.2 Å². The number of benzene rings is 2. The average molecular weight is 592 g/mol. The molecule has 3 N–H and O–H groups in total. The van der Waals surface area contributed by atoms with Gasteiger partial charge in [0, 0.05) is 23.3 Å². The fraction of sp³-hybridized carbons (Fsp3) is 0.130. The summed E-state index contributed by atoms with van der Waals surface area (Å²) in [5.74, 6) is -4.53. The molecular weight excluding hydrogens is 576 g/mol. The average Bonchev–Trinajstić information content (AvgIpc) is 3.22. The van der Waals surface area contributed by atoms with Gasteiger partial charge in [0.1, 0.15) is 5.82 Å². The van der Waals surface area contributed by atoms with E-state index in [4.69, 9.17) is 19.8 Å². The fourth-order valence-corrected chi connectivity index (χ4v) is 2.93. The Hall–Kier alpha value is -3.94. The van der Waals surface area contributed by atoms with Crippen molar-refractivity contribution in [3.8, 4) is 11.1 Å². The highest BCUT2D eigenvalue weighted by molar-refractivity contribution is 9.10. The van der Waals surface area contributed by atoms with E-state index in [0.29, 0.717) is 0 Å². The Morgan fingerprint density at radius 1 is 0.811 bits per heavy atom. The first-order valence-electron chi connectivity index (χ1n) is 9.90. The predicted octanol–water partition coefficient (Wildman–Crippen LogP) is 6.24. The van der Waals surface area contributed by atoms with Gasteiger partial charge >= 0.3 is 24.3 Å². The Balaban J connectivity index is 0.000000286. The van der Waals surface area contributed by atoms with E-state index in [0.717, 1.165) is 33.3 Å². The molecule has 196 valence electrons. The number of H-pyrrole nitrogens is 1. The van der Waals surface area contributed by atoms with Crippen molar-refractivity contribution >= 4 is 38.9 Å². The first kappa shape index (κ1) is 29.3. The molecule has 2 aromatic carbocycles.